The summed E-state index contributed by atoms with van der Waals surface area (Å²) in [6.45, 7) is 0.695. The van der Waals surface area contributed by atoms with E-state index in [0.717, 1.165) is 17.8 Å². The predicted molar refractivity (Wildman–Crippen MR) is 85.3 cm³/mol. The zero-order valence-electron chi connectivity index (χ0n) is 11.5. The lowest BCUT2D eigenvalue weighted by atomic mass is 10.1. The lowest BCUT2D eigenvalue weighted by Crippen LogP contribution is -2.03. The number of pyridine rings is 1. The zero-order chi connectivity index (χ0) is 13.9. The van der Waals surface area contributed by atoms with Crippen molar-refractivity contribution in [3.63, 3.8) is 0 Å². The van der Waals surface area contributed by atoms with Gasteiger partial charge in [-0.3, -0.25) is 0 Å². The summed E-state index contributed by atoms with van der Waals surface area (Å²) in [7, 11) is 0. The summed E-state index contributed by atoms with van der Waals surface area (Å²) in [6, 6.07) is 14.0. The van der Waals surface area contributed by atoms with Crippen molar-refractivity contribution >= 4 is 18.2 Å². The van der Waals surface area contributed by atoms with Crippen LogP contribution in [0.3, 0.4) is 0 Å². The molecule has 0 amide bonds. The summed E-state index contributed by atoms with van der Waals surface area (Å²) in [5.41, 5.74) is 8.85. The number of benzene rings is 1. The third kappa shape index (κ3) is 3.72. The number of halogens is 1. The van der Waals surface area contributed by atoms with E-state index in [1.54, 1.807) is 0 Å². The molecule has 108 valence electrons. The van der Waals surface area contributed by atoms with Gasteiger partial charge in [0.25, 0.3) is 0 Å². The molecule has 2 aromatic rings. The maximum Gasteiger partial charge on any atom is 0.126 e. The molecular weight excluding hydrogens is 284 g/mol. The summed E-state index contributed by atoms with van der Waals surface area (Å²) in [5.74, 6) is 1.35. The molecule has 1 aromatic heterocycles. The number of nitriles is 1. The minimum absolute atomic E-state index is 0. The van der Waals surface area contributed by atoms with Crippen molar-refractivity contribution in [1.29, 1.82) is 5.26 Å². The number of hydrogen-bond acceptors (Lipinski definition) is 4. The highest BCUT2D eigenvalue weighted by molar-refractivity contribution is 5.85. The minimum Gasteiger partial charge on any atom is -0.366 e. The fourth-order valence-electron chi connectivity index (χ4n) is 2.22. The summed E-state index contributed by atoms with van der Waals surface area (Å²) >= 11 is 0. The first kappa shape index (κ1) is 15.3. The Balaban J connectivity index is 0.00000161. The van der Waals surface area contributed by atoms with E-state index in [0.29, 0.717) is 24.1 Å². The highest BCUT2D eigenvalue weighted by atomic mass is 35.5. The van der Waals surface area contributed by atoms with Crippen LogP contribution < -0.4 is 11.1 Å². The molecule has 2 atom stereocenters. The number of anilines is 1. The topological polar surface area (TPSA) is 74.7 Å². The molecule has 1 heterocycles. The van der Waals surface area contributed by atoms with Gasteiger partial charge in [-0.1, -0.05) is 18.2 Å². The average Bonchev–Trinajstić information content (AvgIpc) is 3.23. The van der Waals surface area contributed by atoms with E-state index in [2.05, 4.69) is 22.4 Å². The fourth-order valence-corrected chi connectivity index (χ4v) is 2.22. The van der Waals surface area contributed by atoms with Crippen LogP contribution >= 0.6 is 12.4 Å². The van der Waals surface area contributed by atoms with Gasteiger partial charge in [0.1, 0.15) is 5.82 Å². The van der Waals surface area contributed by atoms with E-state index in [9.17, 15) is 0 Å². The van der Waals surface area contributed by atoms with Crippen LogP contribution in [-0.4, -0.2) is 11.0 Å². The van der Waals surface area contributed by atoms with Crippen LogP contribution in [0.5, 0.6) is 0 Å². The smallest absolute Gasteiger partial charge is 0.126 e. The maximum absolute atomic E-state index is 8.75. The first-order chi connectivity index (χ1) is 9.76. The molecule has 5 heteroatoms. The molecule has 0 radical (unpaired) electrons. The number of hydrogen-bond donors (Lipinski definition) is 2. The van der Waals surface area contributed by atoms with Crippen molar-refractivity contribution in [2.75, 3.05) is 5.32 Å². The molecule has 3 N–H and O–H groups in total. The Bertz CT molecular complexity index is 631. The quantitative estimate of drug-likeness (QED) is 0.910. The van der Waals surface area contributed by atoms with Crippen LogP contribution in [0.25, 0.3) is 0 Å². The molecule has 0 spiro atoms. The summed E-state index contributed by atoms with van der Waals surface area (Å²) < 4.78 is 0. The molecule has 0 bridgehead atoms. The Morgan fingerprint density at radius 1 is 1.24 bits per heavy atom. The molecule has 3 rings (SSSR count). The van der Waals surface area contributed by atoms with Crippen LogP contribution in [0, 0.1) is 11.3 Å². The highest BCUT2D eigenvalue weighted by Crippen LogP contribution is 2.38. The second-order valence-corrected chi connectivity index (χ2v) is 5.15. The van der Waals surface area contributed by atoms with Crippen molar-refractivity contribution in [1.82, 2.24) is 4.98 Å². The van der Waals surface area contributed by atoms with Crippen molar-refractivity contribution < 1.29 is 0 Å². The largest absolute Gasteiger partial charge is 0.366 e. The van der Waals surface area contributed by atoms with Crippen LogP contribution in [0.1, 0.15) is 29.0 Å². The summed E-state index contributed by atoms with van der Waals surface area (Å²) in [4.78, 5) is 4.40. The molecule has 4 nitrogen and oxygen atoms in total. The van der Waals surface area contributed by atoms with Gasteiger partial charge >= 0.3 is 0 Å². The molecule has 1 fully saturated rings. The second kappa shape index (κ2) is 6.57. The molecule has 1 aromatic carbocycles. The van der Waals surface area contributed by atoms with E-state index in [-0.39, 0.29) is 12.4 Å². The van der Waals surface area contributed by atoms with Crippen LogP contribution in [0.15, 0.2) is 42.6 Å². The maximum atomic E-state index is 8.75. The summed E-state index contributed by atoms with van der Waals surface area (Å²) in [5, 5.41) is 12.0. The third-order valence-electron chi connectivity index (χ3n) is 3.61. The third-order valence-corrected chi connectivity index (χ3v) is 3.61. The average molecular weight is 301 g/mol. The molecule has 21 heavy (non-hydrogen) atoms. The Morgan fingerprint density at radius 3 is 2.48 bits per heavy atom. The molecular formula is C16H17ClN4. The normalized spacial score (nSPS) is 19.2. The Morgan fingerprint density at radius 2 is 1.95 bits per heavy atom. The van der Waals surface area contributed by atoms with Gasteiger partial charge in [0.05, 0.1) is 11.6 Å². The van der Waals surface area contributed by atoms with E-state index < -0.39 is 0 Å². The molecule has 0 saturated heterocycles. The van der Waals surface area contributed by atoms with Crippen molar-refractivity contribution in [3.8, 4) is 6.07 Å². The Hall–Kier alpha value is -2.09. The number of rotatable bonds is 4. The van der Waals surface area contributed by atoms with Crippen molar-refractivity contribution in [2.24, 2.45) is 5.73 Å². The van der Waals surface area contributed by atoms with Gasteiger partial charge in [0.2, 0.25) is 0 Å². The van der Waals surface area contributed by atoms with Gasteiger partial charge in [0.15, 0.2) is 0 Å². The SMILES string of the molecule is Cl.N#Cc1ccc(CNc2ccc(C3CC3N)cn2)cc1. The zero-order valence-corrected chi connectivity index (χ0v) is 12.3. The van der Waals surface area contributed by atoms with E-state index >= 15 is 0 Å². The second-order valence-electron chi connectivity index (χ2n) is 5.15. The van der Waals surface area contributed by atoms with Crippen LogP contribution in [0.2, 0.25) is 0 Å². The molecule has 2 unspecified atom stereocenters. The lowest BCUT2D eigenvalue weighted by Gasteiger charge is -2.06. The van der Waals surface area contributed by atoms with Crippen LogP contribution in [0.4, 0.5) is 5.82 Å². The van der Waals surface area contributed by atoms with Gasteiger partial charge < -0.3 is 11.1 Å². The number of nitrogens with two attached hydrogens (primary N) is 1. The number of nitrogens with one attached hydrogen (secondary N) is 1. The predicted octanol–water partition coefficient (Wildman–Crippen LogP) is 2.80. The minimum atomic E-state index is 0. The molecule has 1 saturated carbocycles. The van der Waals surface area contributed by atoms with E-state index in [1.807, 2.05) is 36.5 Å². The molecule has 1 aliphatic rings. The standard InChI is InChI=1S/C16H16N4.ClH/c17-8-11-1-3-12(4-2-11)9-19-16-6-5-13(10-20-16)14-7-15(14)18;/h1-6,10,14-15H,7,9,18H2,(H,19,20);1H. The number of aromatic nitrogens is 1. The highest BCUT2D eigenvalue weighted by Gasteiger charge is 2.34. The van der Waals surface area contributed by atoms with E-state index in [4.69, 9.17) is 11.0 Å². The first-order valence-corrected chi connectivity index (χ1v) is 6.71. The lowest BCUT2D eigenvalue weighted by molar-refractivity contribution is 0.978. The van der Waals surface area contributed by atoms with Crippen LogP contribution in [-0.2, 0) is 6.54 Å². The monoisotopic (exact) mass is 300 g/mol. The molecule has 0 aliphatic heterocycles. The van der Waals surface area contributed by atoms with Crippen molar-refractivity contribution in [3.05, 3.63) is 59.3 Å². The Kier molecular flexibility index (Phi) is 4.79. The number of nitrogens with zero attached hydrogens (tertiary/aromatic N) is 2. The summed E-state index contributed by atoms with van der Waals surface area (Å²) in [6.07, 6.45) is 2.97. The Labute approximate surface area is 130 Å². The van der Waals surface area contributed by atoms with Gasteiger partial charge in [-0.25, -0.2) is 4.98 Å². The van der Waals surface area contributed by atoms with Gasteiger partial charge in [-0.2, -0.15) is 5.26 Å². The first-order valence-electron chi connectivity index (χ1n) is 6.71. The van der Waals surface area contributed by atoms with Gasteiger partial charge in [0, 0.05) is 24.7 Å². The fraction of sp³-hybridized carbons (Fsp3) is 0.250. The van der Waals surface area contributed by atoms with Gasteiger partial charge in [-0.15, -0.1) is 12.4 Å². The van der Waals surface area contributed by atoms with E-state index in [1.165, 1.54) is 5.56 Å². The van der Waals surface area contributed by atoms with Gasteiger partial charge in [-0.05, 0) is 35.7 Å². The van der Waals surface area contributed by atoms with Crippen molar-refractivity contribution in [2.45, 2.75) is 24.9 Å². The molecule has 1 aliphatic carbocycles.